The summed E-state index contributed by atoms with van der Waals surface area (Å²) in [5.74, 6) is 1.89. The zero-order valence-electron chi connectivity index (χ0n) is 14.2. The van der Waals surface area contributed by atoms with Crippen LogP contribution in [0.4, 0.5) is 0 Å². The van der Waals surface area contributed by atoms with Gasteiger partial charge in [0.25, 0.3) is 0 Å². The van der Waals surface area contributed by atoms with Gasteiger partial charge in [0.15, 0.2) is 0 Å². The lowest BCUT2D eigenvalue weighted by Gasteiger charge is -2.42. The van der Waals surface area contributed by atoms with E-state index in [9.17, 15) is 0 Å². The van der Waals surface area contributed by atoms with Crippen molar-refractivity contribution in [3.05, 3.63) is 58.6 Å². The van der Waals surface area contributed by atoms with Gasteiger partial charge in [-0.05, 0) is 57.7 Å². The Labute approximate surface area is 148 Å². The number of likely N-dealkylation sites (tertiary alicyclic amines) is 1. The molecule has 0 N–H and O–H groups in total. The van der Waals surface area contributed by atoms with Gasteiger partial charge in [-0.2, -0.15) is 0 Å². The molecule has 1 fully saturated rings. The van der Waals surface area contributed by atoms with Gasteiger partial charge in [0, 0.05) is 28.7 Å². The van der Waals surface area contributed by atoms with Crippen LogP contribution in [0.5, 0.6) is 11.5 Å². The highest BCUT2D eigenvalue weighted by Crippen LogP contribution is 2.47. The lowest BCUT2D eigenvalue weighted by Crippen LogP contribution is -2.47. The predicted octanol–water partition coefficient (Wildman–Crippen LogP) is 4.56. The third kappa shape index (κ3) is 2.81. The summed E-state index contributed by atoms with van der Waals surface area (Å²) in [6.07, 6.45) is 2.48. The number of piperidine rings is 1. The predicted molar refractivity (Wildman–Crippen MR) is 98.1 cm³/mol. The number of fused-ring (bicyclic) bond motifs is 2. The number of rotatable bonds is 2. The second kappa shape index (κ2) is 6.40. The van der Waals surface area contributed by atoms with Crippen molar-refractivity contribution in [3.8, 4) is 11.5 Å². The number of nitrogens with zero attached hydrogens (tertiary/aromatic N) is 2. The lowest BCUT2D eigenvalue weighted by molar-refractivity contribution is 0.106. The first-order valence-corrected chi connectivity index (χ1v) is 8.98. The van der Waals surface area contributed by atoms with Crippen LogP contribution in [-0.2, 0) is 0 Å². The topological polar surface area (TPSA) is 15.7 Å². The molecule has 1 saturated heterocycles. The molecule has 3 nitrogen and oxygen atoms in total. The zero-order valence-corrected chi connectivity index (χ0v) is 15.0. The molecule has 0 bridgehead atoms. The largest absolute Gasteiger partial charge is 0.457 e. The van der Waals surface area contributed by atoms with E-state index in [1.165, 1.54) is 24.0 Å². The molecule has 0 aromatic heterocycles. The van der Waals surface area contributed by atoms with Gasteiger partial charge in [-0.1, -0.05) is 29.8 Å². The SMILES string of the molecule is CN(C)C1CCCN(C2c3ccccc3Oc3ccc(Cl)cc32)C1. The Bertz CT molecular complexity index is 746. The maximum atomic E-state index is 6.30. The van der Waals surface area contributed by atoms with Gasteiger partial charge in [0.1, 0.15) is 11.5 Å². The molecule has 0 amide bonds. The molecule has 126 valence electrons. The number of hydrogen-bond acceptors (Lipinski definition) is 3. The van der Waals surface area contributed by atoms with E-state index in [4.69, 9.17) is 16.3 Å². The van der Waals surface area contributed by atoms with Crippen molar-refractivity contribution in [3.63, 3.8) is 0 Å². The molecule has 4 heteroatoms. The Hall–Kier alpha value is -1.55. The monoisotopic (exact) mass is 342 g/mol. The van der Waals surface area contributed by atoms with Crippen LogP contribution >= 0.6 is 11.6 Å². The standard InChI is InChI=1S/C20H23ClN2O/c1-22(2)15-6-5-11-23(13-15)20-16-7-3-4-8-18(16)24-19-10-9-14(21)12-17(19)20/h3-4,7-10,12,15,20H,5-6,11,13H2,1-2H3. The minimum absolute atomic E-state index is 0.214. The molecule has 0 radical (unpaired) electrons. The Balaban J connectivity index is 1.78. The maximum Gasteiger partial charge on any atom is 0.132 e. The highest BCUT2D eigenvalue weighted by atomic mass is 35.5. The maximum absolute atomic E-state index is 6.30. The van der Waals surface area contributed by atoms with E-state index < -0.39 is 0 Å². The highest BCUT2D eigenvalue weighted by Gasteiger charge is 2.34. The summed E-state index contributed by atoms with van der Waals surface area (Å²) < 4.78 is 6.13. The van der Waals surface area contributed by atoms with Gasteiger partial charge >= 0.3 is 0 Å². The lowest BCUT2D eigenvalue weighted by atomic mass is 9.91. The average Bonchev–Trinajstić information content (AvgIpc) is 2.60. The first-order chi connectivity index (χ1) is 11.6. The van der Waals surface area contributed by atoms with Gasteiger partial charge in [-0.25, -0.2) is 0 Å². The second-order valence-electron chi connectivity index (χ2n) is 6.98. The van der Waals surface area contributed by atoms with Gasteiger partial charge in [-0.15, -0.1) is 0 Å². The van der Waals surface area contributed by atoms with Crippen molar-refractivity contribution in [1.82, 2.24) is 9.80 Å². The van der Waals surface area contributed by atoms with Crippen molar-refractivity contribution in [2.75, 3.05) is 27.2 Å². The zero-order chi connectivity index (χ0) is 16.7. The van der Waals surface area contributed by atoms with Crippen molar-refractivity contribution < 1.29 is 4.74 Å². The van der Waals surface area contributed by atoms with Crippen molar-refractivity contribution in [2.45, 2.75) is 24.9 Å². The summed E-state index contributed by atoms with van der Waals surface area (Å²) in [6, 6.07) is 15.2. The Kier molecular flexibility index (Phi) is 4.25. The van der Waals surface area contributed by atoms with Crippen molar-refractivity contribution in [2.24, 2.45) is 0 Å². The number of halogens is 1. The first-order valence-electron chi connectivity index (χ1n) is 8.60. The summed E-state index contributed by atoms with van der Waals surface area (Å²) in [5.41, 5.74) is 2.42. The Morgan fingerprint density at radius 2 is 1.88 bits per heavy atom. The summed E-state index contributed by atoms with van der Waals surface area (Å²) in [6.45, 7) is 2.17. The summed E-state index contributed by atoms with van der Waals surface area (Å²) in [5, 5.41) is 0.767. The van der Waals surface area contributed by atoms with Crippen LogP contribution < -0.4 is 4.74 Å². The number of likely N-dealkylation sites (N-methyl/N-ethyl adjacent to an activating group) is 1. The quantitative estimate of drug-likeness (QED) is 0.795. The van der Waals surface area contributed by atoms with Gasteiger partial charge in [0.2, 0.25) is 0 Å². The smallest absolute Gasteiger partial charge is 0.132 e. The molecule has 2 aromatic rings. The van der Waals surface area contributed by atoms with Crippen LogP contribution in [0.25, 0.3) is 0 Å². The molecule has 24 heavy (non-hydrogen) atoms. The normalized spacial score (nSPS) is 23.5. The molecule has 2 unspecified atom stereocenters. The van der Waals surface area contributed by atoms with Crippen LogP contribution in [0.15, 0.2) is 42.5 Å². The molecule has 2 atom stereocenters. The van der Waals surface area contributed by atoms with Crippen molar-refractivity contribution in [1.29, 1.82) is 0 Å². The first kappa shape index (κ1) is 15.9. The van der Waals surface area contributed by atoms with E-state index in [0.29, 0.717) is 6.04 Å². The van der Waals surface area contributed by atoms with E-state index in [1.54, 1.807) is 0 Å². The van der Waals surface area contributed by atoms with E-state index in [2.05, 4.69) is 48.2 Å². The fourth-order valence-corrected chi connectivity index (χ4v) is 4.12. The Morgan fingerprint density at radius 1 is 1.08 bits per heavy atom. The van der Waals surface area contributed by atoms with E-state index in [0.717, 1.165) is 29.6 Å². The van der Waals surface area contributed by atoms with Crippen LogP contribution in [-0.4, -0.2) is 43.0 Å². The van der Waals surface area contributed by atoms with Gasteiger partial charge < -0.3 is 9.64 Å². The third-order valence-electron chi connectivity index (χ3n) is 5.22. The summed E-state index contributed by atoms with van der Waals surface area (Å²) in [4.78, 5) is 4.93. The molecular formula is C20H23ClN2O. The molecule has 2 aliphatic rings. The molecule has 2 heterocycles. The minimum atomic E-state index is 0.214. The summed E-state index contributed by atoms with van der Waals surface area (Å²) in [7, 11) is 4.35. The average molecular weight is 343 g/mol. The van der Waals surface area contributed by atoms with E-state index >= 15 is 0 Å². The molecule has 0 saturated carbocycles. The fraction of sp³-hybridized carbons (Fsp3) is 0.400. The Morgan fingerprint density at radius 3 is 2.71 bits per heavy atom. The third-order valence-corrected chi connectivity index (χ3v) is 5.46. The van der Waals surface area contributed by atoms with Gasteiger partial charge in [-0.3, -0.25) is 4.90 Å². The number of benzene rings is 2. The van der Waals surface area contributed by atoms with Crippen molar-refractivity contribution >= 4 is 11.6 Å². The molecule has 0 aliphatic carbocycles. The number of para-hydroxylation sites is 1. The molecular weight excluding hydrogens is 320 g/mol. The van der Waals surface area contributed by atoms with Crippen LogP contribution in [0.2, 0.25) is 5.02 Å². The number of hydrogen-bond donors (Lipinski definition) is 0. The van der Waals surface area contributed by atoms with Crippen LogP contribution in [0.1, 0.15) is 30.0 Å². The number of ether oxygens (including phenoxy) is 1. The molecule has 4 rings (SSSR count). The fourth-order valence-electron chi connectivity index (χ4n) is 3.94. The molecule has 2 aliphatic heterocycles. The minimum Gasteiger partial charge on any atom is -0.457 e. The molecule has 2 aromatic carbocycles. The second-order valence-corrected chi connectivity index (χ2v) is 7.42. The van der Waals surface area contributed by atoms with Crippen LogP contribution in [0.3, 0.4) is 0 Å². The van der Waals surface area contributed by atoms with E-state index in [1.807, 2.05) is 18.2 Å². The molecule has 0 spiro atoms. The summed E-state index contributed by atoms with van der Waals surface area (Å²) >= 11 is 6.30. The van der Waals surface area contributed by atoms with Crippen LogP contribution in [0, 0.1) is 0 Å². The van der Waals surface area contributed by atoms with Gasteiger partial charge in [0.05, 0.1) is 6.04 Å². The highest BCUT2D eigenvalue weighted by molar-refractivity contribution is 6.30. The van der Waals surface area contributed by atoms with E-state index in [-0.39, 0.29) is 6.04 Å².